The number of rotatable bonds is 9. The Morgan fingerprint density at radius 3 is 2.43 bits per heavy atom. The fourth-order valence-electron chi connectivity index (χ4n) is 2.51. The van der Waals surface area contributed by atoms with E-state index in [2.05, 4.69) is 5.32 Å². The minimum atomic E-state index is -3.42. The molecule has 0 radical (unpaired) electrons. The van der Waals surface area contributed by atoms with Crippen molar-refractivity contribution in [1.82, 2.24) is 0 Å². The first-order valence-electron chi connectivity index (χ1n) is 8.41. The number of benzene rings is 2. The number of carbonyl (C=O) groups excluding carboxylic acids is 1. The van der Waals surface area contributed by atoms with E-state index < -0.39 is 22.4 Å². The molecule has 0 atom stereocenters. The molecule has 9 heteroatoms. The maximum absolute atomic E-state index is 12.4. The zero-order valence-corrected chi connectivity index (χ0v) is 16.7. The van der Waals surface area contributed by atoms with Gasteiger partial charge in [-0.25, -0.2) is 13.2 Å². The number of sulfone groups is 1. The maximum atomic E-state index is 12.4. The molecule has 0 bridgehead atoms. The van der Waals surface area contributed by atoms with Crippen molar-refractivity contribution in [3.05, 3.63) is 53.1 Å². The standard InChI is InChI=1S/C19H20ClNO6S/c1-13(22)21-17-11-14(4-9-18(17)27-12-19(23)24)3-2-10-28(25,26)16-7-5-15(20)6-8-16/h4-9,11H,2-3,10,12H2,1H3,(H,21,22)(H,23,24). The van der Waals surface area contributed by atoms with Crippen LogP contribution >= 0.6 is 11.6 Å². The Hall–Kier alpha value is -2.58. The molecular formula is C19H20ClNO6S. The first kappa shape index (κ1) is 21.7. The second-order valence-electron chi connectivity index (χ2n) is 6.07. The smallest absolute Gasteiger partial charge is 0.341 e. The summed E-state index contributed by atoms with van der Waals surface area (Å²) in [6, 6.07) is 10.9. The van der Waals surface area contributed by atoms with Gasteiger partial charge >= 0.3 is 5.97 Å². The molecule has 2 aromatic carbocycles. The van der Waals surface area contributed by atoms with Crippen LogP contribution in [0.2, 0.25) is 5.02 Å². The van der Waals surface area contributed by atoms with Crippen molar-refractivity contribution in [2.75, 3.05) is 17.7 Å². The molecule has 2 rings (SSSR count). The number of hydrogen-bond donors (Lipinski definition) is 2. The number of anilines is 1. The summed E-state index contributed by atoms with van der Waals surface area (Å²) in [5.74, 6) is -1.27. The highest BCUT2D eigenvalue weighted by Gasteiger charge is 2.15. The van der Waals surface area contributed by atoms with Gasteiger partial charge in [0, 0.05) is 11.9 Å². The zero-order valence-electron chi connectivity index (χ0n) is 15.1. The van der Waals surface area contributed by atoms with Crippen LogP contribution in [-0.2, 0) is 25.8 Å². The SMILES string of the molecule is CC(=O)Nc1cc(CCCS(=O)(=O)c2ccc(Cl)cc2)ccc1OCC(=O)O. The number of ether oxygens (including phenoxy) is 1. The molecule has 2 N–H and O–H groups in total. The molecule has 150 valence electrons. The Labute approximate surface area is 168 Å². The van der Waals surface area contributed by atoms with Crippen LogP contribution in [0.4, 0.5) is 5.69 Å². The highest BCUT2D eigenvalue weighted by Crippen LogP contribution is 2.27. The van der Waals surface area contributed by atoms with Gasteiger partial charge < -0.3 is 15.2 Å². The van der Waals surface area contributed by atoms with Gasteiger partial charge in [-0.05, 0) is 54.8 Å². The molecule has 0 aromatic heterocycles. The van der Waals surface area contributed by atoms with Crippen molar-refractivity contribution >= 4 is 39.0 Å². The monoisotopic (exact) mass is 425 g/mol. The van der Waals surface area contributed by atoms with Crippen LogP contribution in [0.25, 0.3) is 0 Å². The third kappa shape index (κ3) is 6.54. The van der Waals surface area contributed by atoms with Crippen molar-refractivity contribution < 1.29 is 27.9 Å². The highest BCUT2D eigenvalue weighted by atomic mass is 35.5. The Bertz CT molecular complexity index is 957. The molecule has 0 heterocycles. The Balaban J connectivity index is 2.05. The summed E-state index contributed by atoms with van der Waals surface area (Å²) in [6.07, 6.45) is 0.832. The van der Waals surface area contributed by atoms with E-state index >= 15 is 0 Å². The summed E-state index contributed by atoms with van der Waals surface area (Å²) in [5.41, 5.74) is 1.13. The van der Waals surface area contributed by atoms with Crippen LogP contribution in [0.3, 0.4) is 0 Å². The fourth-order valence-corrected chi connectivity index (χ4v) is 3.95. The number of halogens is 1. The third-order valence-corrected chi connectivity index (χ3v) is 5.83. The number of hydrogen-bond acceptors (Lipinski definition) is 5. The molecule has 0 saturated heterocycles. The molecule has 2 aromatic rings. The van der Waals surface area contributed by atoms with E-state index in [1.165, 1.54) is 31.2 Å². The van der Waals surface area contributed by atoms with E-state index in [-0.39, 0.29) is 22.3 Å². The molecule has 0 spiro atoms. The highest BCUT2D eigenvalue weighted by molar-refractivity contribution is 7.91. The van der Waals surface area contributed by atoms with Crippen LogP contribution in [0.5, 0.6) is 5.75 Å². The summed E-state index contributed by atoms with van der Waals surface area (Å²) in [4.78, 5) is 22.3. The molecular weight excluding hydrogens is 406 g/mol. The van der Waals surface area contributed by atoms with Gasteiger partial charge in [0.25, 0.3) is 0 Å². The molecule has 1 amide bonds. The van der Waals surface area contributed by atoms with Gasteiger partial charge in [0.1, 0.15) is 5.75 Å². The van der Waals surface area contributed by atoms with E-state index in [4.69, 9.17) is 21.4 Å². The first-order chi connectivity index (χ1) is 13.2. The minimum Gasteiger partial charge on any atom is -0.480 e. The lowest BCUT2D eigenvalue weighted by Gasteiger charge is -2.12. The van der Waals surface area contributed by atoms with Crippen molar-refractivity contribution in [1.29, 1.82) is 0 Å². The quantitative estimate of drug-likeness (QED) is 0.638. The van der Waals surface area contributed by atoms with E-state index in [9.17, 15) is 18.0 Å². The Kier molecular flexibility index (Phi) is 7.42. The van der Waals surface area contributed by atoms with Gasteiger partial charge in [0.15, 0.2) is 16.4 Å². The number of amides is 1. The molecule has 0 aliphatic carbocycles. The molecule has 0 fully saturated rings. The molecule has 28 heavy (non-hydrogen) atoms. The van der Waals surface area contributed by atoms with Gasteiger partial charge in [-0.15, -0.1) is 0 Å². The lowest BCUT2D eigenvalue weighted by Crippen LogP contribution is -2.13. The van der Waals surface area contributed by atoms with Crippen LogP contribution in [0, 0.1) is 0 Å². The van der Waals surface area contributed by atoms with Crippen molar-refractivity contribution in [2.45, 2.75) is 24.7 Å². The third-order valence-electron chi connectivity index (χ3n) is 3.76. The average molecular weight is 426 g/mol. The molecule has 0 aliphatic heterocycles. The predicted octanol–water partition coefficient (Wildman–Crippen LogP) is 3.17. The van der Waals surface area contributed by atoms with Gasteiger partial charge in [0.05, 0.1) is 16.3 Å². The van der Waals surface area contributed by atoms with E-state index in [0.717, 1.165) is 5.56 Å². The van der Waals surface area contributed by atoms with Crippen molar-refractivity contribution in [3.63, 3.8) is 0 Å². The van der Waals surface area contributed by atoms with Gasteiger partial charge in [0.2, 0.25) is 5.91 Å². The second kappa shape index (κ2) is 9.57. The summed E-state index contributed by atoms with van der Waals surface area (Å²) in [6.45, 7) is 0.789. The van der Waals surface area contributed by atoms with Crippen LogP contribution in [-0.4, -0.2) is 37.8 Å². The molecule has 7 nitrogen and oxygen atoms in total. The van der Waals surface area contributed by atoms with Crippen LogP contribution in [0.1, 0.15) is 18.9 Å². The largest absolute Gasteiger partial charge is 0.480 e. The number of carbonyl (C=O) groups is 2. The normalized spacial score (nSPS) is 11.1. The van der Waals surface area contributed by atoms with E-state index in [0.29, 0.717) is 23.6 Å². The van der Waals surface area contributed by atoms with Crippen LogP contribution in [0.15, 0.2) is 47.4 Å². The summed E-state index contributed by atoms with van der Waals surface area (Å²) < 4.78 is 29.9. The minimum absolute atomic E-state index is 0.0403. The van der Waals surface area contributed by atoms with E-state index in [1.54, 1.807) is 18.2 Å². The lowest BCUT2D eigenvalue weighted by atomic mass is 10.1. The lowest BCUT2D eigenvalue weighted by molar-refractivity contribution is -0.139. The number of carboxylic acid groups (broad SMARTS) is 1. The van der Waals surface area contributed by atoms with Gasteiger partial charge in [-0.2, -0.15) is 0 Å². The number of nitrogens with one attached hydrogen (secondary N) is 1. The number of aryl methyl sites for hydroxylation is 1. The summed E-state index contributed by atoms with van der Waals surface area (Å²) in [5, 5.41) is 11.8. The van der Waals surface area contributed by atoms with Crippen molar-refractivity contribution in [2.24, 2.45) is 0 Å². The topological polar surface area (TPSA) is 110 Å². The fraction of sp³-hybridized carbons (Fsp3) is 0.263. The Morgan fingerprint density at radius 1 is 1.14 bits per heavy atom. The predicted molar refractivity (Wildman–Crippen MR) is 106 cm³/mol. The average Bonchev–Trinajstić information content (AvgIpc) is 2.60. The van der Waals surface area contributed by atoms with Crippen molar-refractivity contribution in [3.8, 4) is 5.75 Å². The second-order valence-corrected chi connectivity index (χ2v) is 8.62. The molecule has 0 unspecified atom stereocenters. The maximum Gasteiger partial charge on any atom is 0.341 e. The number of carboxylic acids is 1. The number of aliphatic carboxylic acids is 1. The first-order valence-corrected chi connectivity index (χ1v) is 10.4. The molecule has 0 aliphatic rings. The van der Waals surface area contributed by atoms with Gasteiger partial charge in [-0.3, -0.25) is 4.79 Å². The Morgan fingerprint density at radius 2 is 1.82 bits per heavy atom. The summed E-state index contributed by atoms with van der Waals surface area (Å²) in [7, 11) is -3.42. The van der Waals surface area contributed by atoms with Gasteiger partial charge in [-0.1, -0.05) is 17.7 Å². The van der Waals surface area contributed by atoms with Crippen LogP contribution < -0.4 is 10.1 Å². The summed E-state index contributed by atoms with van der Waals surface area (Å²) >= 11 is 5.78. The van der Waals surface area contributed by atoms with E-state index in [1.807, 2.05) is 0 Å². The zero-order chi connectivity index (χ0) is 20.7. The molecule has 0 saturated carbocycles.